The van der Waals surface area contributed by atoms with Crippen LogP contribution in [0.15, 0.2) is 71.1 Å². The molecule has 1 heterocycles. The molecule has 1 aromatic heterocycles. The Morgan fingerprint density at radius 2 is 1.82 bits per heavy atom. The summed E-state index contributed by atoms with van der Waals surface area (Å²) in [5, 5.41) is 4.20. The number of hydrogen-bond donors (Lipinski definition) is 1. The molecule has 0 spiro atoms. The molecule has 0 unspecified atom stereocenters. The molecule has 176 valence electrons. The van der Waals surface area contributed by atoms with Crippen molar-refractivity contribution >= 4 is 16.9 Å². The van der Waals surface area contributed by atoms with Gasteiger partial charge in [-0.15, -0.1) is 0 Å². The monoisotopic (exact) mass is 457 g/mol. The van der Waals surface area contributed by atoms with Gasteiger partial charge < -0.3 is 19.2 Å². The highest BCUT2D eigenvalue weighted by atomic mass is 16.5. The first-order chi connectivity index (χ1) is 16.6. The number of para-hydroxylation sites is 1. The summed E-state index contributed by atoms with van der Waals surface area (Å²) in [4.78, 5) is 12.0. The van der Waals surface area contributed by atoms with E-state index in [1.165, 1.54) is 5.56 Å². The van der Waals surface area contributed by atoms with E-state index in [9.17, 15) is 4.79 Å². The van der Waals surface area contributed by atoms with E-state index >= 15 is 0 Å². The zero-order valence-corrected chi connectivity index (χ0v) is 20.0. The Kier molecular flexibility index (Phi) is 7.65. The van der Waals surface area contributed by atoms with E-state index in [2.05, 4.69) is 54.7 Å². The van der Waals surface area contributed by atoms with Gasteiger partial charge in [-0.25, -0.2) is 0 Å². The number of carbonyl (C=O) groups is 1. The number of nitrogens with one attached hydrogen (secondary N) is 1. The zero-order chi connectivity index (χ0) is 23.9. The van der Waals surface area contributed by atoms with Crippen molar-refractivity contribution in [1.82, 2.24) is 5.32 Å². The summed E-state index contributed by atoms with van der Waals surface area (Å²) in [7, 11) is 1.91. The SMILES string of the molecule is CCOC(=O)Cc1ccccc1OCc1cc(-c2cccc(CC)c2)c2oc(CNC)cc2c1. The van der Waals surface area contributed by atoms with E-state index in [1.54, 1.807) is 0 Å². The minimum absolute atomic E-state index is 0.188. The molecule has 0 saturated heterocycles. The summed E-state index contributed by atoms with van der Waals surface area (Å²) < 4.78 is 17.5. The van der Waals surface area contributed by atoms with Crippen molar-refractivity contribution in [3.05, 3.63) is 89.2 Å². The van der Waals surface area contributed by atoms with Gasteiger partial charge >= 0.3 is 5.97 Å². The van der Waals surface area contributed by atoms with E-state index in [0.29, 0.717) is 25.5 Å². The van der Waals surface area contributed by atoms with Crippen LogP contribution in [0.5, 0.6) is 5.75 Å². The topological polar surface area (TPSA) is 60.7 Å². The highest BCUT2D eigenvalue weighted by molar-refractivity contribution is 5.93. The Hall–Kier alpha value is -3.57. The molecule has 0 bridgehead atoms. The summed E-state index contributed by atoms with van der Waals surface area (Å²) in [6.45, 7) is 5.37. The standard InChI is InChI=1S/C29H31NO4/c1-4-20-9-8-11-22(13-20)26-15-21(14-24-16-25(18-30-3)34-29(24)26)19-33-27-12-7-6-10-23(27)17-28(31)32-5-2/h6-16,30H,4-5,17-19H2,1-3H3. The second-order valence-electron chi connectivity index (χ2n) is 8.24. The molecule has 0 aliphatic rings. The summed E-state index contributed by atoms with van der Waals surface area (Å²) in [6.07, 6.45) is 1.16. The third-order valence-corrected chi connectivity index (χ3v) is 5.73. The van der Waals surface area contributed by atoms with Crippen LogP contribution in [-0.2, 0) is 35.5 Å². The lowest BCUT2D eigenvalue weighted by Crippen LogP contribution is -2.09. The van der Waals surface area contributed by atoms with Gasteiger partial charge in [-0.2, -0.15) is 0 Å². The number of furan rings is 1. The van der Waals surface area contributed by atoms with Crippen LogP contribution in [0.3, 0.4) is 0 Å². The largest absolute Gasteiger partial charge is 0.489 e. The molecular formula is C29H31NO4. The highest BCUT2D eigenvalue weighted by Crippen LogP contribution is 2.34. The molecule has 0 amide bonds. The van der Waals surface area contributed by atoms with Gasteiger partial charge in [0.1, 0.15) is 23.7 Å². The van der Waals surface area contributed by atoms with Crippen molar-refractivity contribution in [2.45, 2.75) is 39.8 Å². The number of benzene rings is 3. The number of ether oxygens (including phenoxy) is 2. The molecule has 4 rings (SSSR count). The van der Waals surface area contributed by atoms with E-state index in [-0.39, 0.29) is 12.4 Å². The van der Waals surface area contributed by atoms with Crippen molar-refractivity contribution in [1.29, 1.82) is 0 Å². The molecule has 4 aromatic rings. The molecule has 0 saturated carbocycles. The zero-order valence-electron chi connectivity index (χ0n) is 20.0. The number of fused-ring (bicyclic) bond motifs is 1. The van der Waals surface area contributed by atoms with E-state index in [0.717, 1.165) is 45.4 Å². The van der Waals surface area contributed by atoms with Crippen molar-refractivity contribution in [2.24, 2.45) is 0 Å². The Bertz CT molecular complexity index is 1270. The van der Waals surface area contributed by atoms with Gasteiger partial charge in [0.15, 0.2) is 0 Å². The molecule has 0 fully saturated rings. The second kappa shape index (κ2) is 11.0. The number of esters is 1. The Morgan fingerprint density at radius 3 is 2.62 bits per heavy atom. The Balaban J connectivity index is 1.67. The maximum absolute atomic E-state index is 12.0. The molecule has 0 aliphatic heterocycles. The lowest BCUT2D eigenvalue weighted by Gasteiger charge is -2.13. The highest BCUT2D eigenvalue weighted by Gasteiger charge is 2.14. The second-order valence-corrected chi connectivity index (χ2v) is 8.24. The number of aryl methyl sites for hydroxylation is 1. The minimum Gasteiger partial charge on any atom is -0.489 e. The maximum atomic E-state index is 12.0. The fourth-order valence-corrected chi connectivity index (χ4v) is 4.11. The third kappa shape index (κ3) is 5.49. The van der Waals surface area contributed by atoms with E-state index < -0.39 is 0 Å². The Morgan fingerprint density at radius 1 is 0.971 bits per heavy atom. The molecular weight excluding hydrogens is 426 g/mol. The van der Waals surface area contributed by atoms with Gasteiger partial charge in [0.2, 0.25) is 0 Å². The van der Waals surface area contributed by atoms with Gasteiger partial charge in [0.25, 0.3) is 0 Å². The average Bonchev–Trinajstić information content (AvgIpc) is 3.26. The molecule has 0 aliphatic carbocycles. The summed E-state index contributed by atoms with van der Waals surface area (Å²) >= 11 is 0. The van der Waals surface area contributed by atoms with Gasteiger partial charge in [0, 0.05) is 16.5 Å². The third-order valence-electron chi connectivity index (χ3n) is 5.73. The first kappa shape index (κ1) is 23.6. The van der Waals surface area contributed by atoms with Crippen LogP contribution in [0.25, 0.3) is 22.1 Å². The van der Waals surface area contributed by atoms with Gasteiger partial charge in [-0.1, -0.05) is 49.4 Å². The van der Waals surface area contributed by atoms with E-state index in [1.807, 2.05) is 38.2 Å². The summed E-state index contributed by atoms with van der Waals surface area (Å²) in [5.41, 5.74) is 6.18. The molecule has 0 radical (unpaired) electrons. The van der Waals surface area contributed by atoms with Crippen LogP contribution in [-0.4, -0.2) is 19.6 Å². The van der Waals surface area contributed by atoms with Crippen LogP contribution in [0, 0.1) is 0 Å². The molecule has 5 heteroatoms. The summed E-state index contributed by atoms with van der Waals surface area (Å²) in [5.74, 6) is 1.32. The van der Waals surface area contributed by atoms with Crippen molar-refractivity contribution in [2.75, 3.05) is 13.7 Å². The Labute approximate surface area is 200 Å². The smallest absolute Gasteiger partial charge is 0.310 e. The van der Waals surface area contributed by atoms with Gasteiger partial charge in [0.05, 0.1) is 19.6 Å². The average molecular weight is 458 g/mol. The normalized spacial score (nSPS) is 11.0. The van der Waals surface area contributed by atoms with Crippen molar-refractivity contribution in [3.63, 3.8) is 0 Å². The maximum Gasteiger partial charge on any atom is 0.310 e. The first-order valence-electron chi connectivity index (χ1n) is 11.8. The van der Waals surface area contributed by atoms with Gasteiger partial charge in [-0.3, -0.25) is 4.79 Å². The first-order valence-corrected chi connectivity index (χ1v) is 11.8. The molecule has 0 atom stereocenters. The quantitative estimate of drug-likeness (QED) is 0.293. The molecule has 3 aromatic carbocycles. The van der Waals surface area contributed by atoms with Crippen LogP contribution in [0.1, 0.15) is 36.3 Å². The number of rotatable bonds is 10. The molecule has 1 N–H and O–H groups in total. The molecule has 5 nitrogen and oxygen atoms in total. The predicted octanol–water partition coefficient (Wildman–Crippen LogP) is 6.07. The fourth-order valence-electron chi connectivity index (χ4n) is 4.11. The minimum atomic E-state index is -0.256. The van der Waals surface area contributed by atoms with Crippen LogP contribution in [0.4, 0.5) is 0 Å². The van der Waals surface area contributed by atoms with Crippen LogP contribution < -0.4 is 10.1 Å². The molecule has 34 heavy (non-hydrogen) atoms. The predicted molar refractivity (Wildman–Crippen MR) is 135 cm³/mol. The number of carbonyl (C=O) groups excluding carboxylic acids is 1. The van der Waals surface area contributed by atoms with Crippen LogP contribution in [0.2, 0.25) is 0 Å². The lowest BCUT2D eigenvalue weighted by molar-refractivity contribution is -0.142. The van der Waals surface area contributed by atoms with Gasteiger partial charge in [-0.05, 0) is 61.3 Å². The van der Waals surface area contributed by atoms with E-state index in [4.69, 9.17) is 13.9 Å². The van der Waals surface area contributed by atoms with Crippen molar-refractivity contribution < 1.29 is 18.7 Å². The number of hydrogen-bond acceptors (Lipinski definition) is 5. The van der Waals surface area contributed by atoms with Crippen molar-refractivity contribution in [3.8, 4) is 16.9 Å². The summed E-state index contributed by atoms with van der Waals surface area (Å²) in [6, 6.07) is 22.5. The van der Waals surface area contributed by atoms with Crippen LogP contribution >= 0.6 is 0 Å². The lowest BCUT2D eigenvalue weighted by atomic mass is 9.98. The fraction of sp³-hybridized carbons (Fsp3) is 0.276.